The lowest BCUT2D eigenvalue weighted by molar-refractivity contribution is 0.0882. The second-order valence-corrected chi connectivity index (χ2v) is 7.64. The Morgan fingerprint density at radius 3 is 2.74 bits per heavy atom. The largest absolute Gasteiger partial charge is 0.328 e. The minimum absolute atomic E-state index is 0.0566. The highest BCUT2D eigenvalue weighted by atomic mass is 16.2. The minimum atomic E-state index is -0.180. The van der Waals surface area contributed by atoms with E-state index < -0.39 is 0 Å². The molecule has 0 saturated carbocycles. The lowest BCUT2D eigenvalue weighted by Gasteiger charge is -2.41. The molecule has 2 aromatic rings. The van der Waals surface area contributed by atoms with Crippen LogP contribution in [0.15, 0.2) is 36.7 Å². The van der Waals surface area contributed by atoms with Gasteiger partial charge < -0.3 is 14.8 Å². The van der Waals surface area contributed by atoms with Crippen LogP contribution >= 0.6 is 0 Å². The molecule has 7 heteroatoms. The first kappa shape index (κ1) is 19.4. The highest BCUT2D eigenvalue weighted by molar-refractivity contribution is 5.74. The second kappa shape index (κ2) is 8.52. The number of nitrogens with zero attached hydrogens (tertiary/aromatic N) is 5. The fraction of sp³-hybridized carbons (Fsp3) is 0.550. The summed E-state index contributed by atoms with van der Waals surface area (Å²) in [6.07, 6.45) is 2.63. The van der Waals surface area contributed by atoms with Gasteiger partial charge in [0.1, 0.15) is 6.33 Å². The van der Waals surface area contributed by atoms with Crippen LogP contribution in [0.3, 0.4) is 0 Å². The van der Waals surface area contributed by atoms with E-state index in [4.69, 9.17) is 0 Å². The molecule has 146 valence electrons. The first-order valence-electron chi connectivity index (χ1n) is 9.59. The van der Waals surface area contributed by atoms with Crippen molar-refractivity contribution in [1.29, 1.82) is 0 Å². The molecule has 3 atom stereocenters. The van der Waals surface area contributed by atoms with Crippen LogP contribution in [0.1, 0.15) is 37.7 Å². The van der Waals surface area contributed by atoms with Crippen molar-refractivity contribution in [2.45, 2.75) is 38.9 Å². The Bertz CT molecular complexity index is 746. The smallest absolute Gasteiger partial charge is 0.317 e. The van der Waals surface area contributed by atoms with E-state index in [9.17, 15) is 4.79 Å². The number of nitrogens with one attached hydrogen (secondary N) is 1. The van der Waals surface area contributed by atoms with Crippen LogP contribution in [0.2, 0.25) is 0 Å². The molecule has 0 aliphatic carbocycles. The first-order valence-corrected chi connectivity index (χ1v) is 9.59. The molecule has 0 bridgehead atoms. The molecule has 3 rings (SSSR count). The molecule has 0 spiro atoms. The van der Waals surface area contributed by atoms with Crippen molar-refractivity contribution < 1.29 is 4.79 Å². The predicted molar refractivity (Wildman–Crippen MR) is 105 cm³/mol. The van der Waals surface area contributed by atoms with E-state index in [1.54, 1.807) is 6.33 Å². The zero-order chi connectivity index (χ0) is 19.4. The van der Waals surface area contributed by atoms with E-state index in [0.717, 1.165) is 31.9 Å². The average molecular weight is 371 g/mol. The van der Waals surface area contributed by atoms with E-state index in [2.05, 4.69) is 51.6 Å². The summed E-state index contributed by atoms with van der Waals surface area (Å²) in [5.74, 6) is 1.17. The monoisotopic (exact) mass is 370 g/mol. The molecule has 1 saturated heterocycles. The number of carbonyl (C=O) groups is 1. The zero-order valence-electron chi connectivity index (χ0n) is 16.7. The first-order chi connectivity index (χ1) is 13.0. The Hall–Kier alpha value is -2.41. The third-order valence-corrected chi connectivity index (χ3v) is 5.48. The van der Waals surface area contributed by atoms with Gasteiger partial charge in [-0.15, -0.1) is 10.2 Å². The molecular weight excluding hydrogens is 340 g/mol. The zero-order valence-corrected chi connectivity index (χ0v) is 16.7. The standard InChI is InChI=1S/C20H30N6O/c1-15-12-26(13-17-8-6-5-7-9-17)11-10-18(15)25(4)20(27)22-16(2)19-23-21-14-24(19)3/h5-9,14-16,18H,10-13H2,1-4H3,(H,22,27). The number of hydrogen-bond acceptors (Lipinski definition) is 4. The molecule has 1 aromatic heterocycles. The minimum Gasteiger partial charge on any atom is -0.328 e. The van der Waals surface area contributed by atoms with E-state index in [1.165, 1.54) is 5.56 Å². The van der Waals surface area contributed by atoms with Crippen LogP contribution < -0.4 is 5.32 Å². The Balaban J connectivity index is 1.53. The predicted octanol–water partition coefficient (Wildman–Crippen LogP) is 2.43. The van der Waals surface area contributed by atoms with Gasteiger partial charge in [0.25, 0.3) is 0 Å². The van der Waals surface area contributed by atoms with Gasteiger partial charge in [-0.3, -0.25) is 4.90 Å². The highest BCUT2D eigenvalue weighted by Crippen LogP contribution is 2.23. The Morgan fingerprint density at radius 2 is 2.11 bits per heavy atom. The lowest BCUT2D eigenvalue weighted by atomic mass is 9.92. The number of rotatable bonds is 5. The van der Waals surface area contributed by atoms with Crippen LogP contribution in [0, 0.1) is 5.92 Å². The summed E-state index contributed by atoms with van der Waals surface area (Å²) >= 11 is 0. The van der Waals surface area contributed by atoms with Crippen LogP contribution in [0.5, 0.6) is 0 Å². The average Bonchev–Trinajstić information content (AvgIpc) is 3.08. The SMILES string of the molecule is CC(NC(=O)N(C)C1CCN(Cc2ccccc2)CC1C)c1nncn1C. The van der Waals surface area contributed by atoms with Gasteiger partial charge in [-0.2, -0.15) is 0 Å². The molecule has 2 amide bonds. The number of hydrogen-bond donors (Lipinski definition) is 1. The van der Waals surface area contributed by atoms with Crippen LogP contribution in [0.4, 0.5) is 4.79 Å². The van der Waals surface area contributed by atoms with Crippen molar-refractivity contribution in [3.8, 4) is 0 Å². The Kier molecular flexibility index (Phi) is 6.11. The molecule has 0 radical (unpaired) electrons. The van der Waals surface area contributed by atoms with Gasteiger partial charge in [0.2, 0.25) is 0 Å². The fourth-order valence-corrected chi connectivity index (χ4v) is 3.97. The van der Waals surface area contributed by atoms with Crippen molar-refractivity contribution in [2.24, 2.45) is 13.0 Å². The van der Waals surface area contributed by atoms with Gasteiger partial charge in [0, 0.05) is 39.8 Å². The number of benzene rings is 1. The number of urea groups is 1. The lowest BCUT2D eigenvalue weighted by Crippen LogP contribution is -2.53. The van der Waals surface area contributed by atoms with Gasteiger partial charge >= 0.3 is 6.03 Å². The maximum Gasteiger partial charge on any atom is 0.317 e. The summed E-state index contributed by atoms with van der Waals surface area (Å²) in [5.41, 5.74) is 1.34. The quantitative estimate of drug-likeness (QED) is 0.878. The van der Waals surface area contributed by atoms with Crippen molar-refractivity contribution in [3.63, 3.8) is 0 Å². The molecule has 1 aliphatic heterocycles. The maximum absolute atomic E-state index is 12.7. The van der Waals surface area contributed by atoms with Crippen LogP contribution in [-0.2, 0) is 13.6 Å². The fourth-order valence-electron chi connectivity index (χ4n) is 3.97. The molecule has 27 heavy (non-hydrogen) atoms. The molecule has 1 N–H and O–H groups in total. The summed E-state index contributed by atoms with van der Waals surface area (Å²) in [7, 11) is 3.78. The summed E-state index contributed by atoms with van der Waals surface area (Å²) in [6, 6.07) is 10.6. The van der Waals surface area contributed by atoms with Gasteiger partial charge in [-0.1, -0.05) is 37.3 Å². The van der Waals surface area contributed by atoms with E-state index >= 15 is 0 Å². The highest BCUT2D eigenvalue weighted by Gasteiger charge is 2.31. The van der Waals surface area contributed by atoms with E-state index in [1.807, 2.05) is 36.6 Å². The second-order valence-electron chi connectivity index (χ2n) is 7.64. The maximum atomic E-state index is 12.7. The van der Waals surface area contributed by atoms with Gasteiger partial charge in [0.15, 0.2) is 5.82 Å². The molecule has 2 heterocycles. The Morgan fingerprint density at radius 1 is 1.37 bits per heavy atom. The molecule has 3 unspecified atom stereocenters. The molecule has 1 aliphatic rings. The number of aromatic nitrogens is 3. The summed E-state index contributed by atoms with van der Waals surface area (Å²) < 4.78 is 1.83. The summed E-state index contributed by atoms with van der Waals surface area (Å²) in [6.45, 7) is 7.13. The number of carbonyl (C=O) groups excluding carboxylic acids is 1. The number of aryl methyl sites for hydroxylation is 1. The Labute approximate surface area is 161 Å². The van der Waals surface area contributed by atoms with Gasteiger partial charge in [-0.05, 0) is 24.8 Å². The van der Waals surface area contributed by atoms with Crippen molar-refractivity contribution in [2.75, 3.05) is 20.1 Å². The number of piperidine rings is 1. The molecular formula is C20H30N6O. The molecule has 7 nitrogen and oxygen atoms in total. The van der Waals surface area contributed by atoms with Gasteiger partial charge in [0.05, 0.1) is 6.04 Å². The number of likely N-dealkylation sites (tertiary alicyclic amines) is 1. The third-order valence-electron chi connectivity index (χ3n) is 5.48. The molecule has 1 aromatic carbocycles. The normalized spacial score (nSPS) is 21.6. The van der Waals surface area contributed by atoms with E-state index in [0.29, 0.717) is 5.92 Å². The van der Waals surface area contributed by atoms with Crippen molar-refractivity contribution >= 4 is 6.03 Å². The van der Waals surface area contributed by atoms with Crippen LogP contribution in [-0.4, -0.2) is 56.8 Å². The van der Waals surface area contributed by atoms with E-state index in [-0.39, 0.29) is 18.1 Å². The summed E-state index contributed by atoms with van der Waals surface area (Å²) in [4.78, 5) is 17.1. The number of amides is 2. The van der Waals surface area contributed by atoms with Gasteiger partial charge in [-0.25, -0.2) is 4.79 Å². The molecule has 1 fully saturated rings. The van der Waals surface area contributed by atoms with Crippen LogP contribution in [0.25, 0.3) is 0 Å². The topological polar surface area (TPSA) is 66.3 Å². The van der Waals surface area contributed by atoms with Crippen molar-refractivity contribution in [3.05, 3.63) is 48.0 Å². The third kappa shape index (κ3) is 4.66. The van der Waals surface area contributed by atoms with Crippen molar-refractivity contribution in [1.82, 2.24) is 29.9 Å². The summed E-state index contributed by atoms with van der Waals surface area (Å²) in [5, 5.41) is 11.0.